The molecule has 29 heavy (non-hydrogen) atoms. The van der Waals surface area contributed by atoms with E-state index < -0.39 is 0 Å². The Morgan fingerprint density at radius 2 is 1.79 bits per heavy atom. The van der Waals surface area contributed by atoms with Crippen LogP contribution in [0.5, 0.6) is 11.5 Å². The van der Waals surface area contributed by atoms with Crippen molar-refractivity contribution in [3.8, 4) is 11.5 Å². The lowest BCUT2D eigenvalue weighted by Crippen LogP contribution is -2.41. The molecule has 0 spiro atoms. The fourth-order valence-electron chi connectivity index (χ4n) is 3.52. The van der Waals surface area contributed by atoms with E-state index in [0.29, 0.717) is 54.9 Å². The van der Waals surface area contributed by atoms with Crippen LogP contribution in [-0.2, 0) is 11.2 Å². The van der Waals surface area contributed by atoms with Gasteiger partial charge in [-0.15, -0.1) is 0 Å². The van der Waals surface area contributed by atoms with Crippen LogP contribution in [0.15, 0.2) is 22.7 Å². The predicted octanol–water partition coefficient (Wildman–Crippen LogP) is 2.83. The van der Waals surface area contributed by atoms with Gasteiger partial charge in [-0.25, -0.2) is 0 Å². The van der Waals surface area contributed by atoms with E-state index in [-0.39, 0.29) is 12.0 Å². The first-order valence-corrected chi connectivity index (χ1v) is 10.1. The number of benzene rings is 1. The number of hydrogen-bond acceptors (Lipinski definition) is 7. The summed E-state index contributed by atoms with van der Waals surface area (Å²) in [5, 5.41) is 4.02. The van der Waals surface area contributed by atoms with E-state index >= 15 is 0 Å². The largest absolute Gasteiger partial charge is 0.497 e. The monoisotopic (exact) mass is 401 g/mol. The van der Waals surface area contributed by atoms with Crippen LogP contribution in [0.4, 0.5) is 0 Å². The summed E-state index contributed by atoms with van der Waals surface area (Å²) in [6.45, 7) is 1.89. The highest BCUT2D eigenvalue weighted by Gasteiger charge is 2.29. The molecule has 0 N–H and O–H groups in total. The van der Waals surface area contributed by atoms with Crippen molar-refractivity contribution in [1.29, 1.82) is 0 Å². The van der Waals surface area contributed by atoms with Gasteiger partial charge in [0.15, 0.2) is 5.82 Å². The quantitative estimate of drug-likeness (QED) is 0.672. The minimum Gasteiger partial charge on any atom is -0.497 e. The van der Waals surface area contributed by atoms with Gasteiger partial charge < -0.3 is 23.6 Å². The van der Waals surface area contributed by atoms with Crippen molar-refractivity contribution in [3.05, 3.63) is 35.5 Å². The van der Waals surface area contributed by atoms with Crippen LogP contribution >= 0.6 is 0 Å². The highest BCUT2D eigenvalue weighted by Crippen LogP contribution is 2.38. The van der Waals surface area contributed by atoms with Crippen LogP contribution in [0.3, 0.4) is 0 Å². The molecule has 0 bridgehead atoms. The van der Waals surface area contributed by atoms with Crippen molar-refractivity contribution in [3.63, 3.8) is 0 Å². The third kappa shape index (κ3) is 4.87. The minimum absolute atomic E-state index is 0.0138. The van der Waals surface area contributed by atoms with Crippen LogP contribution in [0, 0.1) is 0 Å². The van der Waals surface area contributed by atoms with E-state index in [2.05, 4.69) is 10.1 Å². The average Bonchev–Trinajstić information content (AvgIpc) is 3.51. The van der Waals surface area contributed by atoms with Crippen LogP contribution in [-0.4, -0.2) is 61.0 Å². The van der Waals surface area contributed by atoms with Crippen LogP contribution in [0.25, 0.3) is 0 Å². The Hall–Kier alpha value is -2.61. The number of amides is 1. The number of carbonyl (C=O) groups is 1. The van der Waals surface area contributed by atoms with Gasteiger partial charge in [0.25, 0.3) is 5.91 Å². The zero-order valence-corrected chi connectivity index (χ0v) is 16.9. The molecule has 0 radical (unpaired) electrons. The smallest absolute Gasteiger partial charge is 0.254 e. The summed E-state index contributed by atoms with van der Waals surface area (Å²) in [6.07, 6.45) is 4.72. The molecule has 2 aromatic rings. The summed E-state index contributed by atoms with van der Waals surface area (Å²) >= 11 is 0. The van der Waals surface area contributed by atoms with Gasteiger partial charge in [-0.3, -0.25) is 4.79 Å². The van der Waals surface area contributed by atoms with Gasteiger partial charge >= 0.3 is 0 Å². The number of nitrogens with zero attached hydrogens (tertiary/aromatic N) is 3. The summed E-state index contributed by atoms with van der Waals surface area (Å²) in [5.41, 5.74) is 0.573. The fraction of sp³-hybridized carbons (Fsp3) is 0.571. The first-order valence-electron chi connectivity index (χ1n) is 10.1. The lowest BCUT2D eigenvalue weighted by molar-refractivity contribution is 0.00945. The molecule has 8 heteroatoms. The van der Waals surface area contributed by atoms with Crippen molar-refractivity contribution in [2.24, 2.45) is 0 Å². The number of ether oxygens (including phenoxy) is 3. The first-order chi connectivity index (χ1) is 14.2. The normalized spacial score (nSPS) is 17.4. The van der Waals surface area contributed by atoms with Crippen molar-refractivity contribution in [2.75, 3.05) is 33.9 Å². The summed E-state index contributed by atoms with van der Waals surface area (Å²) in [6, 6.07) is 5.25. The molecule has 1 aromatic heterocycles. The van der Waals surface area contributed by atoms with Gasteiger partial charge in [0.1, 0.15) is 11.5 Å². The second kappa shape index (κ2) is 8.82. The molecule has 156 valence electrons. The summed E-state index contributed by atoms with van der Waals surface area (Å²) in [5.74, 6) is 3.16. The molecule has 1 saturated heterocycles. The third-order valence-electron chi connectivity index (χ3n) is 5.42. The predicted molar refractivity (Wildman–Crippen MR) is 104 cm³/mol. The summed E-state index contributed by atoms with van der Waals surface area (Å²) in [4.78, 5) is 19.1. The van der Waals surface area contributed by atoms with Crippen LogP contribution < -0.4 is 9.47 Å². The molecule has 0 atom stereocenters. The molecule has 8 nitrogen and oxygen atoms in total. The number of piperidine rings is 1. The lowest BCUT2D eigenvalue weighted by Gasteiger charge is -2.32. The Balaban J connectivity index is 1.24. The van der Waals surface area contributed by atoms with E-state index in [9.17, 15) is 4.79 Å². The Labute approximate surface area is 170 Å². The van der Waals surface area contributed by atoms with E-state index in [4.69, 9.17) is 18.7 Å². The molecule has 1 aliphatic carbocycles. The Kier molecular flexibility index (Phi) is 5.99. The Morgan fingerprint density at radius 3 is 2.41 bits per heavy atom. The van der Waals surface area contributed by atoms with Crippen molar-refractivity contribution < 1.29 is 23.5 Å². The van der Waals surface area contributed by atoms with Gasteiger partial charge in [0.05, 0.1) is 26.9 Å². The standard InChI is InChI=1S/C21H27N3O5/c1-26-17-11-15(12-18(13-17)27-2)21(25)24-8-5-16(6-9-24)28-10-7-19-22-20(29-23-19)14-3-4-14/h11-14,16H,3-10H2,1-2H3. The molecular formula is C21H27N3O5. The molecule has 1 aromatic carbocycles. The van der Waals surface area contributed by atoms with Gasteiger partial charge in [-0.2, -0.15) is 4.98 Å². The van der Waals surface area contributed by atoms with E-state index in [1.807, 2.05) is 4.90 Å². The SMILES string of the molecule is COc1cc(OC)cc(C(=O)N2CCC(OCCc3noc(C4CC4)n3)CC2)c1. The van der Waals surface area contributed by atoms with E-state index in [1.165, 1.54) is 0 Å². The molecule has 0 unspecified atom stereocenters. The topological polar surface area (TPSA) is 86.9 Å². The number of likely N-dealkylation sites (tertiary alicyclic amines) is 1. The van der Waals surface area contributed by atoms with E-state index in [0.717, 1.165) is 31.6 Å². The van der Waals surface area contributed by atoms with Gasteiger partial charge in [-0.05, 0) is 37.8 Å². The summed E-state index contributed by atoms with van der Waals surface area (Å²) < 4.78 is 21.8. The zero-order chi connectivity index (χ0) is 20.2. The first kappa shape index (κ1) is 19.7. The number of methoxy groups -OCH3 is 2. The molecule has 2 heterocycles. The number of hydrogen-bond donors (Lipinski definition) is 0. The van der Waals surface area contributed by atoms with Gasteiger partial charge in [0.2, 0.25) is 5.89 Å². The highest BCUT2D eigenvalue weighted by molar-refractivity contribution is 5.95. The van der Waals surface area contributed by atoms with Crippen molar-refractivity contribution >= 4 is 5.91 Å². The maximum absolute atomic E-state index is 12.9. The molecule has 1 amide bonds. The van der Waals surface area contributed by atoms with Crippen molar-refractivity contribution in [2.45, 2.75) is 44.1 Å². The second-order valence-corrected chi connectivity index (χ2v) is 7.54. The maximum atomic E-state index is 12.9. The average molecular weight is 401 g/mol. The molecule has 4 rings (SSSR count). The van der Waals surface area contributed by atoms with E-state index in [1.54, 1.807) is 32.4 Å². The number of rotatable bonds is 8. The lowest BCUT2D eigenvalue weighted by atomic mass is 10.1. The molecule has 1 aliphatic heterocycles. The molecule has 2 aliphatic rings. The second-order valence-electron chi connectivity index (χ2n) is 7.54. The highest BCUT2D eigenvalue weighted by atomic mass is 16.5. The third-order valence-corrected chi connectivity index (χ3v) is 5.42. The number of carbonyl (C=O) groups excluding carboxylic acids is 1. The Morgan fingerprint density at radius 1 is 1.10 bits per heavy atom. The molecule has 1 saturated carbocycles. The van der Waals surface area contributed by atoms with Crippen LogP contribution in [0.1, 0.15) is 53.7 Å². The van der Waals surface area contributed by atoms with Crippen LogP contribution in [0.2, 0.25) is 0 Å². The minimum atomic E-state index is -0.0138. The zero-order valence-electron chi connectivity index (χ0n) is 16.9. The summed E-state index contributed by atoms with van der Waals surface area (Å²) in [7, 11) is 3.15. The molecular weight excluding hydrogens is 374 g/mol. The Bertz CT molecular complexity index is 818. The van der Waals surface area contributed by atoms with Crippen molar-refractivity contribution in [1.82, 2.24) is 15.0 Å². The molecule has 2 fully saturated rings. The van der Waals surface area contributed by atoms with Gasteiger partial charge in [-0.1, -0.05) is 5.16 Å². The fourth-order valence-corrected chi connectivity index (χ4v) is 3.52. The maximum Gasteiger partial charge on any atom is 0.254 e. The number of aromatic nitrogens is 2. The van der Waals surface area contributed by atoms with Gasteiger partial charge in [0, 0.05) is 37.1 Å².